The first-order valence-corrected chi connectivity index (χ1v) is 11.0. The molecule has 1 aromatic heterocycles. The second-order valence-electron chi connectivity index (χ2n) is 9.68. The monoisotopic (exact) mass is 434 g/mol. The van der Waals surface area contributed by atoms with Crippen LogP contribution in [-0.4, -0.2) is 87.2 Å². The highest BCUT2D eigenvalue weighted by Gasteiger charge is 2.52. The molecule has 0 spiro atoms. The Bertz CT molecular complexity index is 758. The number of nitrogens with zero attached hydrogens (tertiary/aromatic N) is 4. The first-order chi connectivity index (χ1) is 14.5. The average molecular weight is 434 g/mol. The first kappa shape index (κ1) is 23.9. The van der Waals surface area contributed by atoms with Gasteiger partial charge in [-0.05, 0) is 54.4 Å². The van der Waals surface area contributed by atoms with Crippen LogP contribution in [0.5, 0.6) is 0 Å². The van der Waals surface area contributed by atoms with E-state index < -0.39 is 36.9 Å². The standard InChI is InChI=1S/C21H35BN4O5/c1-14(2)26(16-8-7-9-25(12-16)18(29)17(28)13-27)19-23-10-15(11-24-19)22-30-20(3,4)21(5,6)31-22/h10-11,14,16-17,27-28H,7-9,12-13H2,1-6H3/t16-,17-/m1/s1. The predicted molar refractivity (Wildman–Crippen MR) is 118 cm³/mol. The Balaban J connectivity index is 1.76. The second kappa shape index (κ2) is 9.01. The molecule has 1 aromatic rings. The van der Waals surface area contributed by atoms with E-state index in [1.807, 2.05) is 27.7 Å². The summed E-state index contributed by atoms with van der Waals surface area (Å²) in [5.41, 5.74) is -0.104. The van der Waals surface area contributed by atoms with E-state index in [2.05, 4.69) is 28.7 Å². The van der Waals surface area contributed by atoms with Gasteiger partial charge in [0.25, 0.3) is 5.91 Å². The molecule has 10 heteroatoms. The van der Waals surface area contributed by atoms with E-state index in [4.69, 9.17) is 14.4 Å². The molecule has 2 aliphatic heterocycles. The Morgan fingerprint density at radius 2 is 1.84 bits per heavy atom. The van der Waals surface area contributed by atoms with Crippen molar-refractivity contribution < 1.29 is 24.3 Å². The number of aliphatic hydroxyl groups excluding tert-OH is 2. The van der Waals surface area contributed by atoms with Crippen LogP contribution in [0.3, 0.4) is 0 Å². The SMILES string of the molecule is CC(C)N(c1ncc(B2OC(C)(C)C(C)(C)O2)cn1)[C@@H]1CCCN(C(=O)[C@H](O)CO)C1. The maximum Gasteiger partial charge on any atom is 0.498 e. The second-order valence-corrected chi connectivity index (χ2v) is 9.68. The van der Waals surface area contributed by atoms with Gasteiger partial charge in [-0.3, -0.25) is 4.79 Å². The van der Waals surface area contributed by atoms with Crippen LogP contribution in [0.25, 0.3) is 0 Å². The number of rotatable bonds is 6. The van der Waals surface area contributed by atoms with Crippen molar-refractivity contribution in [1.29, 1.82) is 0 Å². The van der Waals surface area contributed by atoms with Crippen LogP contribution in [0.1, 0.15) is 54.4 Å². The van der Waals surface area contributed by atoms with Crippen molar-refractivity contribution >= 4 is 24.4 Å². The number of hydrogen-bond acceptors (Lipinski definition) is 8. The predicted octanol–water partition coefficient (Wildman–Crippen LogP) is 0.335. The van der Waals surface area contributed by atoms with Gasteiger partial charge in [0.05, 0.1) is 17.8 Å². The molecular formula is C21H35BN4O5. The first-order valence-electron chi connectivity index (χ1n) is 11.0. The zero-order valence-electron chi connectivity index (χ0n) is 19.4. The summed E-state index contributed by atoms with van der Waals surface area (Å²) in [6.07, 6.45) is 3.80. The summed E-state index contributed by atoms with van der Waals surface area (Å²) in [4.78, 5) is 25.3. The number of aromatic nitrogens is 2. The van der Waals surface area contributed by atoms with Gasteiger partial charge in [-0.15, -0.1) is 0 Å². The van der Waals surface area contributed by atoms with E-state index in [0.29, 0.717) is 19.0 Å². The van der Waals surface area contributed by atoms with Gasteiger partial charge in [0.15, 0.2) is 6.10 Å². The number of aliphatic hydroxyl groups is 2. The fraction of sp³-hybridized carbons (Fsp3) is 0.762. The van der Waals surface area contributed by atoms with Crippen LogP contribution in [0.15, 0.2) is 12.4 Å². The molecule has 0 aromatic carbocycles. The lowest BCUT2D eigenvalue weighted by molar-refractivity contribution is -0.143. The number of carbonyl (C=O) groups excluding carboxylic acids is 1. The van der Waals surface area contributed by atoms with Crippen molar-refractivity contribution in [2.45, 2.75) is 83.8 Å². The summed E-state index contributed by atoms with van der Waals surface area (Å²) in [6, 6.07) is 0.136. The van der Waals surface area contributed by atoms with Crippen molar-refractivity contribution in [1.82, 2.24) is 14.9 Å². The Morgan fingerprint density at radius 3 is 2.35 bits per heavy atom. The van der Waals surface area contributed by atoms with Crippen LogP contribution in [0, 0.1) is 0 Å². The summed E-state index contributed by atoms with van der Waals surface area (Å²) < 4.78 is 12.2. The van der Waals surface area contributed by atoms with Gasteiger partial charge in [0, 0.05) is 43.0 Å². The molecular weight excluding hydrogens is 399 g/mol. The molecule has 1 amide bonds. The van der Waals surface area contributed by atoms with Crippen molar-refractivity contribution in [2.24, 2.45) is 0 Å². The van der Waals surface area contributed by atoms with Gasteiger partial charge in [-0.2, -0.15) is 0 Å². The largest absolute Gasteiger partial charge is 0.498 e. The minimum absolute atomic E-state index is 0.0197. The van der Waals surface area contributed by atoms with E-state index in [1.54, 1.807) is 17.3 Å². The van der Waals surface area contributed by atoms with Crippen molar-refractivity contribution in [2.75, 3.05) is 24.6 Å². The van der Waals surface area contributed by atoms with Gasteiger partial charge in [-0.25, -0.2) is 9.97 Å². The van der Waals surface area contributed by atoms with Gasteiger partial charge >= 0.3 is 7.12 Å². The van der Waals surface area contributed by atoms with Crippen molar-refractivity contribution in [3.8, 4) is 0 Å². The summed E-state index contributed by atoms with van der Waals surface area (Å²) >= 11 is 0. The maximum atomic E-state index is 12.3. The number of piperidine rings is 1. The molecule has 172 valence electrons. The van der Waals surface area contributed by atoms with Gasteiger partial charge in [0.2, 0.25) is 5.95 Å². The molecule has 9 nitrogen and oxygen atoms in total. The molecule has 2 atom stereocenters. The molecule has 0 saturated carbocycles. The van der Waals surface area contributed by atoms with E-state index in [9.17, 15) is 9.90 Å². The Kier molecular flexibility index (Phi) is 6.95. The third-order valence-electron chi connectivity index (χ3n) is 6.53. The Morgan fingerprint density at radius 1 is 1.26 bits per heavy atom. The van der Waals surface area contributed by atoms with Crippen LogP contribution in [-0.2, 0) is 14.1 Å². The number of hydrogen-bond donors (Lipinski definition) is 2. The Labute approximate surface area is 184 Å². The molecule has 3 rings (SSSR count). The number of amides is 1. The van der Waals surface area contributed by atoms with E-state index in [0.717, 1.165) is 18.3 Å². The maximum absolute atomic E-state index is 12.3. The smallest absolute Gasteiger partial charge is 0.399 e. The van der Waals surface area contributed by atoms with Crippen LogP contribution in [0.4, 0.5) is 5.95 Å². The van der Waals surface area contributed by atoms with Crippen molar-refractivity contribution in [3.63, 3.8) is 0 Å². The molecule has 0 bridgehead atoms. The fourth-order valence-electron chi connectivity index (χ4n) is 4.05. The molecule has 31 heavy (non-hydrogen) atoms. The summed E-state index contributed by atoms with van der Waals surface area (Å²) in [5, 5.41) is 18.8. The van der Waals surface area contributed by atoms with E-state index >= 15 is 0 Å². The van der Waals surface area contributed by atoms with Crippen LogP contribution in [0.2, 0.25) is 0 Å². The molecule has 2 aliphatic rings. The molecule has 2 saturated heterocycles. The van der Waals surface area contributed by atoms with Crippen molar-refractivity contribution in [3.05, 3.63) is 12.4 Å². The third kappa shape index (κ3) is 4.87. The lowest BCUT2D eigenvalue weighted by Crippen LogP contribution is -2.54. The zero-order valence-corrected chi connectivity index (χ0v) is 19.4. The van der Waals surface area contributed by atoms with Gasteiger partial charge in [0.1, 0.15) is 0 Å². The quantitative estimate of drug-likeness (QED) is 0.617. The summed E-state index contributed by atoms with van der Waals surface area (Å²) in [6.45, 7) is 12.6. The Hall–Kier alpha value is -1.75. The highest BCUT2D eigenvalue weighted by Crippen LogP contribution is 2.36. The summed E-state index contributed by atoms with van der Waals surface area (Å²) in [7, 11) is -0.519. The van der Waals surface area contributed by atoms with Gasteiger partial charge in [-0.1, -0.05) is 0 Å². The topological polar surface area (TPSA) is 108 Å². The highest BCUT2D eigenvalue weighted by molar-refractivity contribution is 6.61. The lowest BCUT2D eigenvalue weighted by atomic mass is 9.81. The molecule has 0 aliphatic carbocycles. The molecule has 0 radical (unpaired) electrons. The lowest BCUT2D eigenvalue weighted by Gasteiger charge is -2.41. The van der Waals surface area contributed by atoms with Crippen LogP contribution >= 0.6 is 0 Å². The third-order valence-corrected chi connectivity index (χ3v) is 6.53. The average Bonchev–Trinajstić information content (AvgIpc) is 2.94. The number of anilines is 1. The molecule has 3 heterocycles. The molecule has 0 unspecified atom stereocenters. The van der Waals surface area contributed by atoms with E-state index in [-0.39, 0.29) is 12.1 Å². The zero-order chi connectivity index (χ0) is 23.0. The minimum Gasteiger partial charge on any atom is -0.399 e. The van der Waals surface area contributed by atoms with Crippen LogP contribution < -0.4 is 10.4 Å². The fourth-order valence-corrected chi connectivity index (χ4v) is 4.05. The summed E-state index contributed by atoms with van der Waals surface area (Å²) in [5.74, 6) is 0.144. The molecule has 2 N–H and O–H groups in total. The molecule has 2 fully saturated rings. The highest BCUT2D eigenvalue weighted by atomic mass is 16.7. The number of carbonyl (C=O) groups is 1. The van der Waals surface area contributed by atoms with Gasteiger partial charge < -0.3 is 29.3 Å². The normalized spacial score (nSPS) is 23.8. The number of likely N-dealkylation sites (tertiary alicyclic amines) is 1. The van der Waals surface area contributed by atoms with E-state index in [1.165, 1.54) is 0 Å². The minimum atomic E-state index is -1.37.